The summed E-state index contributed by atoms with van der Waals surface area (Å²) in [4.78, 5) is 4.41. The zero-order chi connectivity index (χ0) is 16.8. The molecule has 3 fully saturated rings. The van der Waals surface area contributed by atoms with E-state index in [-0.39, 0.29) is 0 Å². The molecule has 0 amide bonds. The third-order valence-corrected chi connectivity index (χ3v) is 5.92. The molecule has 2 bridgehead atoms. The fourth-order valence-corrected chi connectivity index (χ4v) is 4.42. The smallest absolute Gasteiger partial charge is 0.145 e. The molecule has 5 nitrogen and oxygen atoms in total. The highest BCUT2D eigenvalue weighted by molar-refractivity contribution is 5.65. The summed E-state index contributed by atoms with van der Waals surface area (Å²) < 4.78 is 12.1. The molecule has 0 spiro atoms. The minimum atomic E-state index is 0.351. The zero-order valence-electron chi connectivity index (χ0n) is 14.7. The first kappa shape index (κ1) is 15.5. The topological polar surface area (TPSA) is 60.2 Å². The normalized spacial score (nSPS) is 28.4. The van der Waals surface area contributed by atoms with Gasteiger partial charge in [-0.25, -0.2) is 0 Å². The Kier molecular flexibility index (Phi) is 3.86. The van der Waals surface area contributed by atoms with Crippen molar-refractivity contribution in [3.8, 4) is 11.3 Å². The lowest BCUT2D eigenvalue weighted by atomic mass is 10.0. The van der Waals surface area contributed by atoms with Crippen molar-refractivity contribution in [2.75, 3.05) is 0 Å². The fourth-order valence-electron chi connectivity index (χ4n) is 4.42. The van der Waals surface area contributed by atoms with Gasteiger partial charge in [0.05, 0.1) is 12.7 Å². The van der Waals surface area contributed by atoms with Crippen molar-refractivity contribution < 1.29 is 9.26 Å². The molecule has 0 aromatic carbocycles. The lowest BCUT2D eigenvalue weighted by molar-refractivity contribution is 0.00875. The third-order valence-electron chi connectivity index (χ3n) is 5.92. The number of hydrogen-bond acceptors (Lipinski definition) is 5. The zero-order valence-corrected chi connectivity index (χ0v) is 14.7. The van der Waals surface area contributed by atoms with Crippen LogP contribution in [0.2, 0.25) is 0 Å². The van der Waals surface area contributed by atoms with E-state index in [1.54, 1.807) is 0 Å². The molecule has 3 atom stereocenters. The van der Waals surface area contributed by atoms with Gasteiger partial charge in [-0.2, -0.15) is 0 Å². The van der Waals surface area contributed by atoms with Gasteiger partial charge in [0.1, 0.15) is 11.5 Å². The highest BCUT2D eigenvalue weighted by Gasteiger charge is 2.36. The number of piperidine rings is 1. The van der Waals surface area contributed by atoms with Crippen LogP contribution in [0.25, 0.3) is 11.3 Å². The third kappa shape index (κ3) is 3.00. The van der Waals surface area contributed by atoms with Gasteiger partial charge in [0.2, 0.25) is 0 Å². The van der Waals surface area contributed by atoms with Crippen LogP contribution in [0.15, 0.2) is 22.9 Å². The van der Waals surface area contributed by atoms with Gasteiger partial charge in [-0.1, -0.05) is 5.16 Å². The Morgan fingerprint density at radius 3 is 2.72 bits per heavy atom. The molecule has 2 aliphatic heterocycles. The van der Waals surface area contributed by atoms with E-state index in [0.717, 1.165) is 41.1 Å². The number of fused-ring (bicyclic) bond motifs is 2. The Labute approximate surface area is 148 Å². The summed E-state index contributed by atoms with van der Waals surface area (Å²) >= 11 is 0. The molecule has 2 aromatic heterocycles. The van der Waals surface area contributed by atoms with Gasteiger partial charge >= 0.3 is 0 Å². The molecule has 2 saturated heterocycles. The molecule has 25 heavy (non-hydrogen) atoms. The van der Waals surface area contributed by atoms with Gasteiger partial charge in [-0.15, -0.1) is 0 Å². The Morgan fingerprint density at radius 1 is 1.20 bits per heavy atom. The van der Waals surface area contributed by atoms with Crippen molar-refractivity contribution in [3.63, 3.8) is 0 Å². The number of rotatable bonds is 5. The number of ether oxygens (including phenoxy) is 1. The van der Waals surface area contributed by atoms with Crippen LogP contribution in [0, 0.1) is 6.92 Å². The van der Waals surface area contributed by atoms with Crippen LogP contribution < -0.4 is 5.32 Å². The monoisotopic (exact) mass is 339 g/mol. The highest BCUT2D eigenvalue weighted by atomic mass is 16.5. The first-order chi connectivity index (χ1) is 12.3. The van der Waals surface area contributed by atoms with Crippen LogP contribution in [-0.4, -0.2) is 28.3 Å². The van der Waals surface area contributed by atoms with Crippen LogP contribution in [0.1, 0.15) is 61.5 Å². The van der Waals surface area contributed by atoms with Crippen molar-refractivity contribution in [1.29, 1.82) is 0 Å². The van der Waals surface area contributed by atoms with Crippen LogP contribution in [0.5, 0.6) is 0 Å². The summed E-state index contributed by atoms with van der Waals surface area (Å²) in [6, 6.07) is 5.33. The molecule has 5 rings (SSSR count). The fraction of sp³-hybridized carbons (Fsp3) is 0.600. The Balaban J connectivity index is 1.39. The standard InChI is InChI=1S/C20H25N3O2/c1-12-17(3-2-8-21-12)19-18(20(25-23-19)13-4-5-13)11-24-16-9-14-6-7-15(10-16)22-14/h2-3,8,13-16,22H,4-7,9-11H2,1H3/t14-,15?,16?/m0/s1. The van der Waals surface area contributed by atoms with E-state index in [4.69, 9.17) is 9.26 Å². The Bertz CT molecular complexity index is 756. The SMILES string of the molecule is Cc1ncccc1-c1noc(C2CC2)c1COC1CC2CC[C@@H](C1)N2. The van der Waals surface area contributed by atoms with Crippen LogP contribution in [-0.2, 0) is 11.3 Å². The van der Waals surface area contributed by atoms with Crippen LogP contribution in [0.4, 0.5) is 0 Å². The minimum Gasteiger partial charge on any atom is -0.373 e. The van der Waals surface area contributed by atoms with Gasteiger partial charge in [0, 0.05) is 41.0 Å². The molecule has 2 aromatic rings. The van der Waals surface area contributed by atoms with E-state index in [0.29, 0.717) is 30.7 Å². The number of aromatic nitrogens is 2. The number of nitrogens with zero attached hydrogens (tertiary/aromatic N) is 2. The molecule has 1 aliphatic carbocycles. The first-order valence-electron chi connectivity index (χ1n) is 9.56. The van der Waals surface area contributed by atoms with Crippen molar-refractivity contribution in [3.05, 3.63) is 35.3 Å². The predicted octanol–water partition coefficient (Wildman–Crippen LogP) is 3.72. The molecule has 1 N–H and O–H groups in total. The summed E-state index contributed by atoms with van der Waals surface area (Å²) in [7, 11) is 0. The van der Waals surface area contributed by atoms with E-state index in [1.165, 1.54) is 25.7 Å². The number of pyridine rings is 1. The summed E-state index contributed by atoms with van der Waals surface area (Å²) in [5.41, 5.74) is 4.11. The first-order valence-corrected chi connectivity index (χ1v) is 9.56. The highest BCUT2D eigenvalue weighted by Crippen LogP contribution is 2.44. The maximum Gasteiger partial charge on any atom is 0.145 e. The molecule has 5 heteroatoms. The maximum atomic E-state index is 6.37. The quantitative estimate of drug-likeness (QED) is 0.899. The molecule has 0 radical (unpaired) electrons. The minimum absolute atomic E-state index is 0.351. The number of aryl methyl sites for hydroxylation is 1. The maximum absolute atomic E-state index is 6.37. The van der Waals surface area contributed by atoms with Gasteiger partial charge < -0.3 is 14.6 Å². The second kappa shape index (κ2) is 6.22. The average molecular weight is 339 g/mol. The van der Waals surface area contributed by atoms with E-state index in [2.05, 4.69) is 21.5 Å². The Hall–Kier alpha value is -1.72. The van der Waals surface area contributed by atoms with Crippen molar-refractivity contribution in [2.45, 2.75) is 76.2 Å². The molecular weight excluding hydrogens is 314 g/mol. The van der Waals surface area contributed by atoms with Crippen LogP contribution in [0.3, 0.4) is 0 Å². The lowest BCUT2D eigenvalue weighted by Gasteiger charge is -2.29. The van der Waals surface area contributed by atoms with Gasteiger partial charge in [0.15, 0.2) is 0 Å². The number of hydrogen-bond donors (Lipinski definition) is 1. The summed E-state index contributed by atoms with van der Waals surface area (Å²) in [6.07, 6.45) is 9.42. The van der Waals surface area contributed by atoms with Crippen molar-refractivity contribution in [1.82, 2.24) is 15.5 Å². The van der Waals surface area contributed by atoms with E-state index < -0.39 is 0 Å². The van der Waals surface area contributed by atoms with Gasteiger partial charge in [-0.05, 0) is 57.6 Å². The van der Waals surface area contributed by atoms with Gasteiger partial charge in [-0.3, -0.25) is 4.98 Å². The average Bonchev–Trinajstić information content (AvgIpc) is 3.30. The summed E-state index contributed by atoms with van der Waals surface area (Å²) in [5.74, 6) is 1.57. The van der Waals surface area contributed by atoms with E-state index in [1.807, 2.05) is 19.2 Å². The molecule has 1 saturated carbocycles. The number of nitrogens with one attached hydrogen (secondary N) is 1. The molecule has 4 heterocycles. The second-order valence-corrected chi connectivity index (χ2v) is 7.83. The van der Waals surface area contributed by atoms with E-state index in [9.17, 15) is 0 Å². The molecular formula is C20H25N3O2. The van der Waals surface area contributed by atoms with Crippen LogP contribution >= 0.6 is 0 Å². The van der Waals surface area contributed by atoms with Crippen molar-refractivity contribution >= 4 is 0 Å². The molecule has 3 aliphatic rings. The lowest BCUT2D eigenvalue weighted by Crippen LogP contribution is -2.41. The molecule has 2 unspecified atom stereocenters. The van der Waals surface area contributed by atoms with Gasteiger partial charge in [0.25, 0.3) is 0 Å². The summed E-state index contributed by atoms with van der Waals surface area (Å²) in [6.45, 7) is 2.62. The summed E-state index contributed by atoms with van der Waals surface area (Å²) in [5, 5.41) is 8.09. The predicted molar refractivity (Wildman–Crippen MR) is 94.2 cm³/mol. The second-order valence-electron chi connectivity index (χ2n) is 7.83. The van der Waals surface area contributed by atoms with E-state index >= 15 is 0 Å². The molecule has 132 valence electrons. The van der Waals surface area contributed by atoms with Crippen molar-refractivity contribution in [2.24, 2.45) is 0 Å². The largest absolute Gasteiger partial charge is 0.373 e. The Morgan fingerprint density at radius 2 is 2.00 bits per heavy atom.